The first-order valence-corrected chi connectivity index (χ1v) is 4.25. The fourth-order valence-corrected chi connectivity index (χ4v) is 1.22. The third-order valence-electron chi connectivity index (χ3n) is 1.90. The van der Waals surface area contributed by atoms with Gasteiger partial charge in [-0.3, -0.25) is 9.78 Å². The molecular weight excluding hydrogens is 178 g/mol. The molecule has 2 heterocycles. The quantitative estimate of drug-likeness (QED) is 0.728. The minimum absolute atomic E-state index is 0.167. The summed E-state index contributed by atoms with van der Waals surface area (Å²) in [6, 6.07) is 5.15. The van der Waals surface area contributed by atoms with E-state index in [4.69, 9.17) is 0 Å². The van der Waals surface area contributed by atoms with Crippen molar-refractivity contribution < 1.29 is 0 Å². The third-order valence-corrected chi connectivity index (χ3v) is 1.90. The van der Waals surface area contributed by atoms with Gasteiger partial charge in [-0.1, -0.05) is 6.07 Å². The summed E-state index contributed by atoms with van der Waals surface area (Å²) in [7, 11) is 0. The first-order valence-electron chi connectivity index (χ1n) is 4.25. The van der Waals surface area contributed by atoms with Crippen molar-refractivity contribution in [2.75, 3.05) is 0 Å². The van der Waals surface area contributed by atoms with Crippen molar-refractivity contribution >= 4 is 0 Å². The molecule has 70 valence electrons. The number of rotatable bonds is 1. The van der Waals surface area contributed by atoms with Gasteiger partial charge < -0.3 is 4.98 Å². The van der Waals surface area contributed by atoms with Crippen LogP contribution in [0.4, 0.5) is 0 Å². The van der Waals surface area contributed by atoms with Crippen LogP contribution < -0.4 is 5.56 Å². The van der Waals surface area contributed by atoms with Crippen LogP contribution in [0, 0.1) is 6.92 Å². The van der Waals surface area contributed by atoms with E-state index in [0.29, 0.717) is 11.5 Å². The Balaban J connectivity index is 2.61. The van der Waals surface area contributed by atoms with Crippen LogP contribution >= 0.6 is 0 Å². The molecule has 0 unspecified atom stereocenters. The summed E-state index contributed by atoms with van der Waals surface area (Å²) in [5, 5.41) is 0. The van der Waals surface area contributed by atoms with Crippen LogP contribution in [0.15, 0.2) is 35.4 Å². The van der Waals surface area contributed by atoms with E-state index in [0.717, 1.165) is 5.56 Å². The fourth-order valence-electron chi connectivity index (χ4n) is 1.22. The van der Waals surface area contributed by atoms with Crippen molar-refractivity contribution in [1.29, 1.82) is 0 Å². The smallest absolute Gasteiger partial charge is 0.251 e. The van der Waals surface area contributed by atoms with Crippen molar-refractivity contribution in [1.82, 2.24) is 15.0 Å². The Morgan fingerprint density at radius 2 is 2.07 bits per heavy atom. The molecule has 4 heteroatoms. The summed E-state index contributed by atoms with van der Waals surface area (Å²) >= 11 is 0. The van der Waals surface area contributed by atoms with E-state index in [1.165, 1.54) is 12.3 Å². The average molecular weight is 187 g/mol. The van der Waals surface area contributed by atoms with Crippen molar-refractivity contribution in [3.63, 3.8) is 0 Å². The maximum atomic E-state index is 11.1. The topological polar surface area (TPSA) is 58.6 Å². The lowest BCUT2D eigenvalue weighted by Crippen LogP contribution is -2.07. The number of aryl methyl sites for hydroxylation is 1. The van der Waals surface area contributed by atoms with Crippen molar-refractivity contribution in [3.05, 3.63) is 46.5 Å². The van der Waals surface area contributed by atoms with Crippen LogP contribution in [-0.4, -0.2) is 15.0 Å². The third kappa shape index (κ3) is 1.54. The molecule has 0 amide bonds. The van der Waals surface area contributed by atoms with E-state index in [1.54, 1.807) is 6.20 Å². The van der Waals surface area contributed by atoms with Gasteiger partial charge in [0, 0.05) is 18.5 Å². The molecule has 0 radical (unpaired) electrons. The Morgan fingerprint density at radius 3 is 2.79 bits per heavy atom. The number of H-pyrrole nitrogens is 1. The molecule has 2 aromatic rings. The largest absolute Gasteiger partial charge is 0.305 e. The molecule has 14 heavy (non-hydrogen) atoms. The van der Waals surface area contributed by atoms with Crippen molar-refractivity contribution in [2.45, 2.75) is 6.92 Å². The Bertz CT molecular complexity index is 504. The molecule has 0 aliphatic heterocycles. The Morgan fingerprint density at radius 1 is 1.21 bits per heavy atom. The van der Waals surface area contributed by atoms with E-state index >= 15 is 0 Å². The number of aromatic amines is 1. The van der Waals surface area contributed by atoms with Gasteiger partial charge in [0.15, 0.2) is 5.82 Å². The zero-order valence-electron chi connectivity index (χ0n) is 7.69. The van der Waals surface area contributed by atoms with E-state index < -0.39 is 0 Å². The minimum Gasteiger partial charge on any atom is -0.305 e. The lowest BCUT2D eigenvalue weighted by molar-refractivity contribution is 1.09. The molecule has 4 nitrogen and oxygen atoms in total. The lowest BCUT2D eigenvalue weighted by atomic mass is 10.2. The van der Waals surface area contributed by atoms with Crippen LogP contribution in [0.2, 0.25) is 0 Å². The summed E-state index contributed by atoms with van der Waals surface area (Å²) in [5.74, 6) is 0.510. The normalized spacial score (nSPS) is 10.1. The van der Waals surface area contributed by atoms with Crippen molar-refractivity contribution in [3.8, 4) is 11.5 Å². The number of aromatic nitrogens is 3. The molecule has 0 aromatic carbocycles. The van der Waals surface area contributed by atoms with Gasteiger partial charge in [0.25, 0.3) is 5.56 Å². The predicted molar refractivity (Wildman–Crippen MR) is 52.8 cm³/mol. The summed E-state index contributed by atoms with van der Waals surface area (Å²) in [6.45, 7) is 1.93. The molecule has 0 aliphatic carbocycles. The van der Waals surface area contributed by atoms with Crippen molar-refractivity contribution in [2.24, 2.45) is 0 Å². The number of hydrogen-bond acceptors (Lipinski definition) is 3. The van der Waals surface area contributed by atoms with Gasteiger partial charge in [-0.2, -0.15) is 0 Å². The first-order chi connectivity index (χ1) is 6.77. The Labute approximate surface area is 80.7 Å². The summed E-state index contributed by atoms with van der Waals surface area (Å²) < 4.78 is 0. The van der Waals surface area contributed by atoms with Gasteiger partial charge in [0.1, 0.15) is 5.69 Å². The Hall–Kier alpha value is -1.97. The zero-order chi connectivity index (χ0) is 9.97. The van der Waals surface area contributed by atoms with E-state index in [9.17, 15) is 4.79 Å². The van der Waals surface area contributed by atoms with Gasteiger partial charge in [-0.25, -0.2) is 4.98 Å². The molecule has 0 atom stereocenters. The van der Waals surface area contributed by atoms with E-state index in [-0.39, 0.29) is 5.56 Å². The molecule has 2 aromatic heterocycles. The second kappa shape index (κ2) is 3.41. The highest BCUT2D eigenvalue weighted by Crippen LogP contribution is 2.13. The highest BCUT2D eigenvalue weighted by molar-refractivity contribution is 5.53. The highest BCUT2D eigenvalue weighted by atomic mass is 16.1. The Kier molecular flexibility index (Phi) is 2.10. The maximum Gasteiger partial charge on any atom is 0.251 e. The minimum atomic E-state index is -0.167. The molecule has 0 saturated carbocycles. The van der Waals surface area contributed by atoms with Gasteiger partial charge in [0.2, 0.25) is 0 Å². The monoisotopic (exact) mass is 187 g/mol. The standard InChI is InChI=1S/C10H9N3O/c1-7-3-2-5-11-9(7)10-12-6-4-8(14)13-10/h2-6H,1H3,(H,12,13,14). The molecule has 2 rings (SSSR count). The second-order valence-corrected chi connectivity index (χ2v) is 2.95. The molecular formula is C10H9N3O. The SMILES string of the molecule is Cc1cccnc1-c1nccc(=O)[nH]1. The van der Waals surface area contributed by atoms with Crippen LogP contribution in [0.3, 0.4) is 0 Å². The van der Waals surface area contributed by atoms with Gasteiger partial charge in [-0.15, -0.1) is 0 Å². The van der Waals surface area contributed by atoms with Crippen LogP contribution in [0.1, 0.15) is 5.56 Å². The van der Waals surface area contributed by atoms with Crippen LogP contribution in [-0.2, 0) is 0 Å². The van der Waals surface area contributed by atoms with Crippen LogP contribution in [0.5, 0.6) is 0 Å². The molecule has 0 fully saturated rings. The van der Waals surface area contributed by atoms with Crippen LogP contribution in [0.25, 0.3) is 11.5 Å². The average Bonchev–Trinajstić information content (AvgIpc) is 2.18. The van der Waals surface area contributed by atoms with E-state index in [1.807, 2.05) is 19.1 Å². The molecule has 1 N–H and O–H groups in total. The summed E-state index contributed by atoms with van der Waals surface area (Å²) in [4.78, 5) is 21.9. The fraction of sp³-hybridized carbons (Fsp3) is 0.100. The number of pyridine rings is 1. The molecule has 0 bridgehead atoms. The second-order valence-electron chi connectivity index (χ2n) is 2.95. The number of nitrogens with one attached hydrogen (secondary N) is 1. The summed E-state index contributed by atoms with van der Waals surface area (Å²) in [5.41, 5.74) is 1.53. The summed E-state index contributed by atoms with van der Waals surface area (Å²) in [6.07, 6.45) is 3.15. The van der Waals surface area contributed by atoms with Gasteiger partial charge in [0.05, 0.1) is 0 Å². The number of nitrogens with zero attached hydrogens (tertiary/aromatic N) is 2. The van der Waals surface area contributed by atoms with Gasteiger partial charge >= 0.3 is 0 Å². The van der Waals surface area contributed by atoms with E-state index in [2.05, 4.69) is 15.0 Å². The molecule has 0 aliphatic rings. The molecule has 0 spiro atoms. The first kappa shape index (κ1) is 8.62. The highest BCUT2D eigenvalue weighted by Gasteiger charge is 2.03. The number of hydrogen-bond donors (Lipinski definition) is 1. The lowest BCUT2D eigenvalue weighted by Gasteiger charge is -2.01. The zero-order valence-corrected chi connectivity index (χ0v) is 7.69. The predicted octanol–water partition coefficient (Wildman–Crippen LogP) is 1.14. The van der Waals surface area contributed by atoms with Gasteiger partial charge in [-0.05, 0) is 18.6 Å². The maximum absolute atomic E-state index is 11.1. The molecule has 0 saturated heterocycles.